The minimum Gasteiger partial charge on any atom is -0.465 e. The molecule has 0 N–H and O–H groups in total. The Bertz CT molecular complexity index is 154. The Morgan fingerprint density at radius 1 is 1.78 bits per heavy atom. The first-order valence-corrected chi connectivity index (χ1v) is 2.93. The predicted octanol–water partition coefficient (Wildman–Crippen LogP) is 0.315. The molecule has 0 aliphatic carbocycles. The maximum atomic E-state index is 10.3. The molecule has 0 aromatic heterocycles. The van der Waals surface area contributed by atoms with Crippen LogP contribution in [-0.2, 0) is 14.3 Å². The predicted molar refractivity (Wildman–Crippen MR) is 29.9 cm³/mol. The van der Waals surface area contributed by atoms with Gasteiger partial charge >= 0.3 is 5.97 Å². The lowest BCUT2D eigenvalue weighted by Gasteiger charge is -1.93. The molecule has 3 nitrogen and oxygen atoms in total. The molecule has 0 aromatic carbocycles. The first-order chi connectivity index (χ1) is 4.20. The average Bonchev–Trinajstić information content (AvgIpc) is 2.14. The lowest BCUT2D eigenvalue weighted by Crippen LogP contribution is -2.06. The molecule has 1 rings (SSSR count). The maximum Gasteiger partial charge on any atom is 0.306 e. The van der Waals surface area contributed by atoms with Crippen LogP contribution in [0, 0.1) is 5.92 Å². The zero-order valence-electron chi connectivity index (χ0n) is 4.59. The summed E-state index contributed by atoms with van der Waals surface area (Å²) in [6.45, 7) is 0.154. The van der Waals surface area contributed by atoms with Gasteiger partial charge in [0.15, 0.2) is 0 Å². The van der Waals surface area contributed by atoms with Crippen LogP contribution >= 0.6 is 11.6 Å². The van der Waals surface area contributed by atoms with E-state index in [1.54, 1.807) is 0 Å². The summed E-state index contributed by atoms with van der Waals surface area (Å²) in [5, 5.41) is -0.485. The summed E-state index contributed by atoms with van der Waals surface area (Å²) < 4.78 is 4.48. The molecule has 0 unspecified atom stereocenters. The third kappa shape index (κ3) is 1.42. The van der Waals surface area contributed by atoms with E-state index in [9.17, 15) is 9.59 Å². The van der Waals surface area contributed by atoms with Gasteiger partial charge in [0.05, 0.1) is 12.3 Å². The number of cyclic esters (lactones) is 1. The largest absolute Gasteiger partial charge is 0.465 e. The zero-order chi connectivity index (χ0) is 6.85. The highest BCUT2D eigenvalue weighted by molar-refractivity contribution is 6.64. The van der Waals surface area contributed by atoms with Gasteiger partial charge in [0.1, 0.15) is 6.61 Å². The molecule has 0 amide bonds. The summed E-state index contributed by atoms with van der Waals surface area (Å²) in [6, 6.07) is 0. The summed E-state index contributed by atoms with van der Waals surface area (Å²) >= 11 is 5.08. The number of esters is 1. The van der Waals surface area contributed by atoms with E-state index in [0.29, 0.717) is 0 Å². The van der Waals surface area contributed by atoms with Gasteiger partial charge in [0.2, 0.25) is 5.24 Å². The molecular weight excluding hydrogens is 144 g/mol. The summed E-state index contributed by atoms with van der Waals surface area (Å²) in [5.74, 6) is -0.742. The van der Waals surface area contributed by atoms with E-state index in [0.717, 1.165) is 0 Å². The van der Waals surface area contributed by atoms with Crippen LogP contribution in [0.2, 0.25) is 0 Å². The average molecular weight is 149 g/mol. The van der Waals surface area contributed by atoms with E-state index in [1.807, 2.05) is 0 Å². The smallest absolute Gasteiger partial charge is 0.306 e. The Labute approximate surface area is 56.9 Å². The molecule has 0 aromatic rings. The second-order valence-electron chi connectivity index (χ2n) is 1.89. The molecule has 50 valence electrons. The van der Waals surface area contributed by atoms with E-state index < -0.39 is 11.2 Å². The Balaban J connectivity index is 2.48. The number of hydrogen-bond donors (Lipinski definition) is 0. The van der Waals surface area contributed by atoms with E-state index in [4.69, 9.17) is 11.6 Å². The molecule has 1 saturated heterocycles. The van der Waals surface area contributed by atoms with Crippen molar-refractivity contribution < 1.29 is 14.3 Å². The summed E-state index contributed by atoms with van der Waals surface area (Å²) in [4.78, 5) is 20.6. The second kappa shape index (κ2) is 2.35. The lowest BCUT2D eigenvalue weighted by molar-refractivity contribution is -0.137. The van der Waals surface area contributed by atoms with Gasteiger partial charge in [-0.15, -0.1) is 0 Å². The van der Waals surface area contributed by atoms with Crippen molar-refractivity contribution in [3.63, 3.8) is 0 Å². The highest BCUT2D eigenvalue weighted by atomic mass is 35.5. The molecule has 0 spiro atoms. The van der Waals surface area contributed by atoms with Gasteiger partial charge in [-0.2, -0.15) is 0 Å². The molecule has 0 bridgehead atoms. The van der Waals surface area contributed by atoms with Gasteiger partial charge in [-0.3, -0.25) is 9.59 Å². The maximum absolute atomic E-state index is 10.3. The van der Waals surface area contributed by atoms with Crippen molar-refractivity contribution in [1.82, 2.24) is 0 Å². The number of ether oxygens (including phenoxy) is 1. The first-order valence-electron chi connectivity index (χ1n) is 2.55. The van der Waals surface area contributed by atoms with Crippen molar-refractivity contribution in [1.29, 1.82) is 0 Å². The molecule has 1 heterocycles. The number of carbonyl (C=O) groups excluding carboxylic acids is 2. The quantitative estimate of drug-likeness (QED) is 0.397. The van der Waals surface area contributed by atoms with Gasteiger partial charge in [0, 0.05) is 0 Å². The number of carbonyl (C=O) groups is 2. The van der Waals surface area contributed by atoms with Crippen molar-refractivity contribution >= 4 is 22.8 Å². The van der Waals surface area contributed by atoms with Gasteiger partial charge in [-0.05, 0) is 11.6 Å². The monoisotopic (exact) mass is 148 g/mol. The molecule has 1 aliphatic rings. The topological polar surface area (TPSA) is 43.4 Å². The first kappa shape index (κ1) is 6.55. The van der Waals surface area contributed by atoms with Crippen molar-refractivity contribution in [3.05, 3.63) is 0 Å². The van der Waals surface area contributed by atoms with Gasteiger partial charge < -0.3 is 4.74 Å². The Hall–Kier alpha value is -0.570. The van der Waals surface area contributed by atoms with Crippen LogP contribution in [0.15, 0.2) is 0 Å². The minimum atomic E-state index is -0.485. The number of rotatable bonds is 1. The van der Waals surface area contributed by atoms with Crippen molar-refractivity contribution in [2.75, 3.05) is 6.61 Å². The molecule has 9 heavy (non-hydrogen) atoms. The van der Waals surface area contributed by atoms with E-state index in [-0.39, 0.29) is 19.0 Å². The fourth-order valence-corrected chi connectivity index (χ4v) is 0.798. The number of halogens is 1. The van der Waals surface area contributed by atoms with Gasteiger partial charge in [0.25, 0.3) is 0 Å². The third-order valence-electron chi connectivity index (χ3n) is 1.18. The molecule has 1 fully saturated rings. The Morgan fingerprint density at radius 2 is 2.44 bits per heavy atom. The van der Waals surface area contributed by atoms with Crippen molar-refractivity contribution in [2.45, 2.75) is 6.42 Å². The highest BCUT2D eigenvalue weighted by Gasteiger charge is 2.28. The van der Waals surface area contributed by atoms with E-state index >= 15 is 0 Å². The lowest BCUT2D eigenvalue weighted by atomic mass is 10.1. The Morgan fingerprint density at radius 3 is 2.67 bits per heavy atom. The van der Waals surface area contributed by atoms with Crippen LogP contribution in [0.4, 0.5) is 0 Å². The SMILES string of the molecule is O=C1C[C@@H](C(=O)Cl)CO1. The molecule has 0 saturated carbocycles. The highest BCUT2D eigenvalue weighted by Crippen LogP contribution is 2.15. The van der Waals surface area contributed by atoms with Crippen molar-refractivity contribution in [2.24, 2.45) is 5.92 Å². The summed E-state index contributed by atoms with van der Waals surface area (Å²) in [7, 11) is 0. The molecule has 4 heteroatoms. The number of hydrogen-bond acceptors (Lipinski definition) is 3. The normalized spacial score (nSPS) is 25.9. The van der Waals surface area contributed by atoms with Crippen LogP contribution in [0.3, 0.4) is 0 Å². The third-order valence-corrected chi connectivity index (χ3v) is 1.49. The molecular formula is C5H5ClO3. The fraction of sp³-hybridized carbons (Fsp3) is 0.600. The molecule has 0 radical (unpaired) electrons. The van der Waals surface area contributed by atoms with Crippen LogP contribution in [0.25, 0.3) is 0 Å². The molecule has 1 atom stereocenters. The molecule has 1 aliphatic heterocycles. The van der Waals surface area contributed by atoms with E-state index in [1.165, 1.54) is 0 Å². The van der Waals surface area contributed by atoms with Gasteiger partial charge in [-0.1, -0.05) is 0 Å². The second-order valence-corrected chi connectivity index (χ2v) is 2.26. The summed E-state index contributed by atoms with van der Waals surface area (Å²) in [6.07, 6.45) is 0.141. The van der Waals surface area contributed by atoms with Crippen LogP contribution in [-0.4, -0.2) is 17.8 Å². The minimum absolute atomic E-state index is 0.141. The van der Waals surface area contributed by atoms with E-state index in [2.05, 4.69) is 4.74 Å². The fourth-order valence-electron chi connectivity index (χ4n) is 0.658. The van der Waals surface area contributed by atoms with Crippen LogP contribution in [0.1, 0.15) is 6.42 Å². The zero-order valence-corrected chi connectivity index (χ0v) is 5.35. The van der Waals surface area contributed by atoms with Gasteiger partial charge in [-0.25, -0.2) is 0 Å². The standard InChI is InChI=1S/C5H5ClO3/c6-5(8)3-1-4(7)9-2-3/h3H,1-2H2/t3-/m1/s1. The summed E-state index contributed by atoms with van der Waals surface area (Å²) in [5.41, 5.74) is 0. The van der Waals surface area contributed by atoms with Crippen LogP contribution < -0.4 is 0 Å². The Kier molecular flexibility index (Phi) is 1.71. The van der Waals surface area contributed by atoms with Crippen molar-refractivity contribution in [3.8, 4) is 0 Å². The van der Waals surface area contributed by atoms with Crippen LogP contribution in [0.5, 0.6) is 0 Å².